The van der Waals surface area contributed by atoms with Crippen molar-refractivity contribution in [1.82, 2.24) is 10.2 Å². The first-order valence-corrected chi connectivity index (χ1v) is 11.1. The summed E-state index contributed by atoms with van der Waals surface area (Å²) in [6.45, 7) is 3.64. The molecule has 156 valence electrons. The van der Waals surface area contributed by atoms with E-state index in [-0.39, 0.29) is 6.04 Å². The van der Waals surface area contributed by atoms with E-state index >= 15 is 0 Å². The molecule has 4 heteroatoms. The molecule has 1 aliphatic heterocycles. The number of aliphatic hydroxyl groups is 1. The Hall–Kier alpha value is -2.17. The van der Waals surface area contributed by atoms with Crippen LogP contribution in [-0.4, -0.2) is 36.2 Å². The van der Waals surface area contributed by atoms with Crippen LogP contribution in [0.2, 0.25) is 5.02 Å². The molecule has 1 fully saturated rings. The summed E-state index contributed by atoms with van der Waals surface area (Å²) in [4.78, 5) is 2.43. The van der Waals surface area contributed by atoms with Crippen molar-refractivity contribution in [2.75, 3.05) is 26.2 Å². The van der Waals surface area contributed by atoms with E-state index in [4.69, 9.17) is 11.6 Å². The average molecular weight is 421 g/mol. The standard InChI is InChI=1S/C26H29ClN2O/c27-24-13-11-23(12-14-24)26(30)15-18-29(19-16-26)20-17-28-25(21-7-3-1-4-8-21)22-9-5-2-6-10-22/h1-14,25,28,30H,15-20H2. The highest BCUT2D eigenvalue weighted by Gasteiger charge is 2.33. The smallest absolute Gasteiger partial charge is 0.0920 e. The Balaban J connectivity index is 1.33. The van der Waals surface area contributed by atoms with Gasteiger partial charge in [-0.2, -0.15) is 0 Å². The predicted molar refractivity (Wildman–Crippen MR) is 124 cm³/mol. The summed E-state index contributed by atoms with van der Waals surface area (Å²) < 4.78 is 0. The van der Waals surface area contributed by atoms with Gasteiger partial charge in [-0.1, -0.05) is 84.4 Å². The number of nitrogens with zero attached hydrogens (tertiary/aromatic N) is 1. The van der Waals surface area contributed by atoms with Crippen molar-refractivity contribution in [3.05, 3.63) is 107 Å². The molecule has 0 amide bonds. The molecule has 2 N–H and O–H groups in total. The normalized spacial score (nSPS) is 16.6. The lowest BCUT2D eigenvalue weighted by Crippen LogP contribution is -2.45. The molecule has 0 atom stereocenters. The molecule has 4 rings (SSSR count). The first kappa shape index (κ1) is 21.1. The predicted octanol–water partition coefficient (Wildman–Crippen LogP) is 5.00. The van der Waals surface area contributed by atoms with E-state index in [0.717, 1.165) is 44.6 Å². The Bertz CT molecular complexity index is 867. The van der Waals surface area contributed by atoms with Crippen molar-refractivity contribution in [3.8, 4) is 0 Å². The zero-order chi connectivity index (χ0) is 20.8. The van der Waals surface area contributed by atoms with E-state index in [1.807, 2.05) is 24.3 Å². The quantitative estimate of drug-likeness (QED) is 0.564. The topological polar surface area (TPSA) is 35.5 Å². The van der Waals surface area contributed by atoms with Gasteiger partial charge in [0.25, 0.3) is 0 Å². The number of benzene rings is 3. The van der Waals surface area contributed by atoms with Crippen molar-refractivity contribution in [1.29, 1.82) is 0 Å². The van der Waals surface area contributed by atoms with Crippen LogP contribution in [0.3, 0.4) is 0 Å². The molecule has 3 aromatic rings. The third kappa shape index (κ3) is 5.11. The van der Waals surface area contributed by atoms with Crippen LogP contribution in [0, 0.1) is 0 Å². The molecular weight excluding hydrogens is 392 g/mol. The fourth-order valence-corrected chi connectivity index (χ4v) is 4.41. The first-order chi connectivity index (χ1) is 14.6. The molecule has 1 saturated heterocycles. The van der Waals surface area contributed by atoms with E-state index in [1.165, 1.54) is 11.1 Å². The number of likely N-dealkylation sites (tertiary alicyclic amines) is 1. The molecule has 0 unspecified atom stereocenters. The first-order valence-electron chi connectivity index (χ1n) is 10.7. The lowest BCUT2D eigenvalue weighted by Gasteiger charge is -2.38. The number of hydrogen-bond acceptors (Lipinski definition) is 3. The second-order valence-electron chi connectivity index (χ2n) is 8.09. The molecule has 1 aliphatic rings. The van der Waals surface area contributed by atoms with Crippen LogP contribution < -0.4 is 5.32 Å². The van der Waals surface area contributed by atoms with Gasteiger partial charge < -0.3 is 15.3 Å². The van der Waals surface area contributed by atoms with Crippen LogP contribution in [0.25, 0.3) is 0 Å². The summed E-state index contributed by atoms with van der Waals surface area (Å²) in [6.07, 6.45) is 1.49. The zero-order valence-electron chi connectivity index (χ0n) is 17.2. The van der Waals surface area contributed by atoms with E-state index in [1.54, 1.807) is 0 Å². The van der Waals surface area contributed by atoms with Crippen molar-refractivity contribution < 1.29 is 5.11 Å². The molecule has 0 aromatic heterocycles. The summed E-state index contributed by atoms with van der Waals surface area (Å²) in [5, 5.41) is 15.5. The number of rotatable bonds is 7. The highest BCUT2D eigenvalue weighted by atomic mass is 35.5. The Morgan fingerprint density at radius 1 is 0.833 bits per heavy atom. The van der Waals surface area contributed by atoms with E-state index in [0.29, 0.717) is 5.02 Å². The van der Waals surface area contributed by atoms with Gasteiger partial charge in [0.05, 0.1) is 11.6 Å². The fourth-order valence-electron chi connectivity index (χ4n) is 4.28. The minimum absolute atomic E-state index is 0.184. The molecule has 0 saturated carbocycles. The van der Waals surface area contributed by atoms with E-state index < -0.39 is 5.60 Å². The molecule has 3 aromatic carbocycles. The third-order valence-electron chi connectivity index (χ3n) is 6.11. The molecule has 0 spiro atoms. The summed E-state index contributed by atoms with van der Waals surface area (Å²) in [5.41, 5.74) is 2.78. The van der Waals surface area contributed by atoms with Crippen molar-refractivity contribution in [2.24, 2.45) is 0 Å². The minimum atomic E-state index is -0.745. The van der Waals surface area contributed by atoms with Gasteiger partial charge >= 0.3 is 0 Å². The average Bonchev–Trinajstić information content (AvgIpc) is 2.79. The van der Waals surface area contributed by atoms with Crippen LogP contribution in [0.5, 0.6) is 0 Å². The number of piperidine rings is 1. The SMILES string of the molecule is OC1(c2ccc(Cl)cc2)CCN(CCNC(c2ccccc2)c2ccccc2)CC1. The monoisotopic (exact) mass is 420 g/mol. The zero-order valence-corrected chi connectivity index (χ0v) is 17.9. The minimum Gasteiger partial charge on any atom is -0.385 e. The molecule has 0 bridgehead atoms. The highest BCUT2D eigenvalue weighted by Crippen LogP contribution is 2.33. The lowest BCUT2D eigenvalue weighted by molar-refractivity contribution is -0.0256. The van der Waals surface area contributed by atoms with Gasteiger partial charge in [0.15, 0.2) is 0 Å². The van der Waals surface area contributed by atoms with Crippen LogP contribution in [0.1, 0.15) is 35.6 Å². The van der Waals surface area contributed by atoms with Gasteiger partial charge in [-0.25, -0.2) is 0 Å². The van der Waals surface area contributed by atoms with E-state index in [9.17, 15) is 5.11 Å². The van der Waals surface area contributed by atoms with Gasteiger partial charge in [0.1, 0.15) is 0 Å². The number of nitrogens with one attached hydrogen (secondary N) is 1. The molecule has 0 radical (unpaired) electrons. The van der Waals surface area contributed by atoms with Crippen molar-refractivity contribution >= 4 is 11.6 Å². The maximum Gasteiger partial charge on any atom is 0.0920 e. The molecule has 30 heavy (non-hydrogen) atoms. The van der Waals surface area contributed by atoms with Gasteiger partial charge in [-0.15, -0.1) is 0 Å². The highest BCUT2D eigenvalue weighted by molar-refractivity contribution is 6.30. The molecule has 3 nitrogen and oxygen atoms in total. The van der Waals surface area contributed by atoms with Crippen molar-refractivity contribution in [3.63, 3.8) is 0 Å². The molecular formula is C26H29ClN2O. The summed E-state index contributed by atoms with van der Waals surface area (Å²) >= 11 is 5.99. The van der Waals surface area contributed by atoms with Gasteiger partial charge in [-0.05, 0) is 41.7 Å². The van der Waals surface area contributed by atoms with Crippen molar-refractivity contribution in [2.45, 2.75) is 24.5 Å². The Morgan fingerprint density at radius 2 is 1.37 bits per heavy atom. The second-order valence-corrected chi connectivity index (χ2v) is 8.53. The van der Waals surface area contributed by atoms with Crippen LogP contribution >= 0.6 is 11.6 Å². The number of halogens is 1. The Labute approximate surface area is 184 Å². The number of hydrogen-bond donors (Lipinski definition) is 2. The molecule has 1 heterocycles. The summed E-state index contributed by atoms with van der Waals surface area (Å²) in [7, 11) is 0. The third-order valence-corrected chi connectivity index (χ3v) is 6.36. The Morgan fingerprint density at radius 3 is 1.90 bits per heavy atom. The van der Waals surface area contributed by atoms with Gasteiger partial charge in [-0.3, -0.25) is 0 Å². The Kier molecular flexibility index (Phi) is 6.86. The van der Waals surface area contributed by atoms with Gasteiger partial charge in [0.2, 0.25) is 0 Å². The lowest BCUT2D eigenvalue weighted by atomic mass is 9.84. The van der Waals surface area contributed by atoms with Crippen LogP contribution in [-0.2, 0) is 5.60 Å². The maximum absolute atomic E-state index is 11.1. The summed E-state index contributed by atoms with van der Waals surface area (Å²) in [5.74, 6) is 0. The largest absolute Gasteiger partial charge is 0.385 e. The maximum atomic E-state index is 11.1. The van der Waals surface area contributed by atoms with Crippen LogP contribution in [0.15, 0.2) is 84.9 Å². The van der Waals surface area contributed by atoms with E-state index in [2.05, 4.69) is 70.9 Å². The fraction of sp³-hybridized carbons (Fsp3) is 0.308. The van der Waals surface area contributed by atoms with Crippen LogP contribution in [0.4, 0.5) is 0 Å². The second kappa shape index (κ2) is 9.76. The summed E-state index contributed by atoms with van der Waals surface area (Å²) in [6, 6.07) is 29.0. The van der Waals surface area contributed by atoms with Gasteiger partial charge in [0, 0.05) is 31.2 Å². The molecule has 0 aliphatic carbocycles.